The zero-order chi connectivity index (χ0) is 19.8. The van der Waals surface area contributed by atoms with Crippen LogP contribution in [0.1, 0.15) is 34.0 Å². The fourth-order valence-corrected chi connectivity index (χ4v) is 5.46. The van der Waals surface area contributed by atoms with Crippen LogP contribution in [-0.4, -0.2) is 53.9 Å². The normalized spacial score (nSPS) is 16.8. The average molecular weight is 394 g/mol. The Morgan fingerprint density at radius 1 is 1.07 bits per heavy atom. The number of aromatic nitrogens is 2. The lowest BCUT2D eigenvalue weighted by Gasteiger charge is -2.34. The van der Waals surface area contributed by atoms with E-state index in [4.69, 9.17) is 10.3 Å². The topological polar surface area (TPSA) is 106 Å². The van der Waals surface area contributed by atoms with Gasteiger partial charge in [-0.05, 0) is 49.9 Å². The van der Waals surface area contributed by atoms with Gasteiger partial charge in [-0.25, -0.2) is 8.42 Å². The fourth-order valence-electron chi connectivity index (χ4n) is 3.46. The van der Waals surface area contributed by atoms with Crippen molar-refractivity contribution in [3.63, 3.8) is 0 Å². The van der Waals surface area contributed by atoms with Crippen LogP contribution in [0.25, 0.3) is 0 Å². The molecule has 1 aromatic heterocycles. The van der Waals surface area contributed by atoms with Gasteiger partial charge in [0.2, 0.25) is 15.9 Å². The van der Waals surface area contributed by atoms with E-state index in [0.717, 1.165) is 22.3 Å². The molecular weight excluding hydrogens is 366 g/mol. The first kappa shape index (κ1) is 19.9. The van der Waals surface area contributed by atoms with Crippen LogP contribution in [0.4, 0.5) is 0 Å². The van der Waals surface area contributed by atoms with Crippen molar-refractivity contribution in [3.8, 4) is 0 Å². The molecule has 27 heavy (non-hydrogen) atoms. The number of hydrogen-bond acceptors (Lipinski definition) is 7. The maximum Gasteiger partial charge on any atom is 0.243 e. The molecule has 0 saturated carbocycles. The Bertz CT molecular complexity index is 904. The van der Waals surface area contributed by atoms with Crippen molar-refractivity contribution in [2.45, 2.75) is 45.7 Å². The lowest BCUT2D eigenvalue weighted by atomic mass is 10.0. The molecule has 1 fully saturated rings. The van der Waals surface area contributed by atoms with Crippen molar-refractivity contribution in [1.82, 2.24) is 19.3 Å². The Hall–Kier alpha value is -1.81. The summed E-state index contributed by atoms with van der Waals surface area (Å²) in [7, 11) is -3.52. The average Bonchev–Trinajstić information content (AvgIpc) is 3.08. The van der Waals surface area contributed by atoms with Gasteiger partial charge in [0.1, 0.15) is 0 Å². The molecule has 1 aliphatic rings. The van der Waals surface area contributed by atoms with Crippen LogP contribution in [0.2, 0.25) is 0 Å². The highest BCUT2D eigenvalue weighted by Crippen LogP contribution is 2.29. The van der Waals surface area contributed by atoms with Crippen molar-refractivity contribution < 1.29 is 12.9 Å². The number of hydrogen-bond donors (Lipinski definition) is 1. The van der Waals surface area contributed by atoms with Crippen molar-refractivity contribution in [2.75, 3.05) is 26.2 Å². The highest BCUT2D eigenvalue weighted by Gasteiger charge is 2.32. The minimum atomic E-state index is -3.52. The van der Waals surface area contributed by atoms with Crippen molar-refractivity contribution in [2.24, 2.45) is 5.73 Å². The Labute approximate surface area is 160 Å². The van der Waals surface area contributed by atoms with Crippen LogP contribution in [0.5, 0.6) is 0 Å². The van der Waals surface area contributed by atoms with Crippen LogP contribution >= 0.6 is 0 Å². The van der Waals surface area contributed by atoms with E-state index in [1.807, 2.05) is 33.8 Å². The summed E-state index contributed by atoms with van der Waals surface area (Å²) in [6, 6.07) is 2.04. The first-order chi connectivity index (χ1) is 12.7. The van der Waals surface area contributed by atoms with Gasteiger partial charge in [0.15, 0.2) is 5.82 Å². The van der Waals surface area contributed by atoms with E-state index in [1.165, 1.54) is 0 Å². The maximum atomic E-state index is 13.3. The van der Waals surface area contributed by atoms with Crippen LogP contribution in [-0.2, 0) is 23.1 Å². The highest BCUT2D eigenvalue weighted by molar-refractivity contribution is 7.89. The molecule has 2 heterocycles. The van der Waals surface area contributed by atoms with Crippen molar-refractivity contribution in [3.05, 3.63) is 40.0 Å². The summed E-state index contributed by atoms with van der Waals surface area (Å²) in [6.45, 7) is 10.5. The van der Waals surface area contributed by atoms with Crippen LogP contribution in [0.15, 0.2) is 15.5 Å². The van der Waals surface area contributed by atoms with Crippen LogP contribution in [0, 0.1) is 27.7 Å². The minimum absolute atomic E-state index is 0.216. The first-order valence-electron chi connectivity index (χ1n) is 9.05. The second kappa shape index (κ2) is 7.67. The fraction of sp³-hybridized carbons (Fsp3) is 0.556. The van der Waals surface area contributed by atoms with E-state index in [9.17, 15) is 8.42 Å². The molecule has 9 heteroatoms. The summed E-state index contributed by atoms with van der Waals surface area (Å²) >= 11 is 0. The highest BCUT2D eigenvalue weighted by atomic mass is 32.2. The lowest BCUT2D eigenvalue weighted by molar-refractivity contribution is 0.176. The van der Waals surface area contributed by atoms with Gasteiger partial charge < -0.3 is 10.3 Å². The van der Waals surface area contributed by atoms with E-state index >= 15 is 0 Å². The van der Waals surface area contributed by atoms with E-state index in [-0.39, 0.29) is 6.54 Å². The zero-order valence-electron chi connectivity index (χ0n) is 16.3. The summed E-state index contributed by atoms with van der Waals surface area (Å²) in [5.41, 5.74) is 9.16. The van der Waals surface area contributed by atoms with Crippen molar-refractivity contribution >= 4 is 10.0 Å². The summed E-state index contributed by atoms with van der Waals surface area (Å²) in [4.78, 5) is 6.79. The second-order valence-corrected chi connectivity index (χ2v) is 8.95. The van der Waals surface area contributed by atoms with E-state index in [1.54, 1.807) is 4.31 Å². The van der Waals surface area contributed by atoms with Gasteiger partial charge in [-0.15, -0.1) is 0 Å². The molecule has 2 N–H and O–H groups in total. The molecule has 1 saturated heterocycles. The van der Waals surface area contributed by atoms with Gasteiger partial charge in [0.25, 0.3) is 0 Å². The molecule has 1 aliphatic heterocycles. The van der Waals surface area contributed by atoms with E-state index in [2.05, 4.69) is 15.0 Å². The number of rotatable bonds is 5. The van der Waals surface area contributed by atoms with Gasteiger partial charge >= 0.3 is 0 Å². The Balaban J connectivity index is 1.74. The molecule has 0 bridgehead atoms. The van der Waals surface area contributed by atoms with Gasteiger partial charge in [-0.1, -0.05) is 11.2 Å². The number of benzene rings is 1. The number of aryl methyl sites for hydroxylation is 2. The molecule has 0 spiro atoms. The number of sulfonamides is 1. The molecule has 0 amide bonds. The number of piperazine rings is 1. The third-order valence-electron chi connectivity index (χ3n) is 5.28. The minimum Gasteiger partial charge on any atom is -0.338 e. The molecular formula is C18H27N5O3S. The SMILES string of the molecule is Cc1cc(C)c(C)c(S(=O)(=O)N2CCN(Cc3noc(CN)n3)CC2)c1C. The number of nitrogens with two attached hydrogens (primary N) is 1. The van der Waals surface area contributed by atoms with Gasteiger partial charge in [0.05, 0.1) is 18.0 Å². The van der Waals surface area contributed by atoms with Gasteiger partial charge in [0, 0.05) is 26.2 Å². The summed E-state index contributed by atoms with van der Waals surface area (Å²) in [5, 5.41) is 3.90. The second-order valence-electron chi connectivity index (χ2n) is 7.08. The Kier molecular flexibility index (Phi) is 5.66. The lowest BCUT2D eigenvalue weighted by Crippen LogP contribution is -2.48. The standard InChI is InChI=1S/C18H27N5O3S/c1-12-9-13(2)15(4)18(14(12)3)27(24,25)23-7-5-22(6-8-23)11-16-20-17(10-19)26-21-16/h9H,5-8,10-11,19H2,1-4H3. The Morgan fingerprint density at radius 3 is 2.19 bits per heavy atom. The zero-order valence-corrected chi connectivity index (χ0v) is 17.1. The third-order valence-corrected chi connectivity index (χ3v) is 7.45. The quantitative estimate of drug-likeness (QED) is 0.815. The molecule has 0 unspecified atom stereocenters. The van der Waals surface area contributed by atoms with Gasteiger partial charge in [-0.2, -0.15) is 9.29 Å². The Morgan fingerprint density at radius 2 is 1.67 bits per heavy atom. The monoisotopic (exact) mass is 393 g/mol. The van der Waals surface area contributed by atoms with E-state index < -0.39 is 10.0 Å². The van der Waals surface area contributed by atoms with Crippen molar-refractivity contribution in [1.29, 1.82) is 0 Å². The molecule has 0 atom stereocenters. The maximum absolute atomic E-state index is 13.3. The number of nitrogens with zero attached hydrogens (tertiary/aromatic N) is 4. The third kappa shape index (κ3) is 3.91. The van der Waals surface area contributed by atoms with Gasteiger partial charge in [-0.3, -0.25) is 4.90 Å². The smallest absolute Gasteiger partial charge is 0.243 e. The predicted molar refractivity (Wildman–Crippen MR) is 102 cm³/mol. The summed E-state index contributed by atoms with van der Waals surface area (Å²) in [5.74, 6) is 0.986. The largest absolute Gasteiger partial charge is 0.338 e. The molecule has 0 aliphatic carbocycles. The molecule has 3 rings (SSSR count). The predicted octanol–water partition coefficient (Wildman–Crippen LogP) is 1.27. The molecule has 1 aromatic carbocycles. The van der Waals surface area contributed by atoms with Crippen LogP contribution < -0.4 is 5.73 Å². The molecule has 0 radical (unpaired) electrons. The first-order valence-corrected chi connectivity index (χ1v) is 10.5. The molecule has 148 valence electrons. The molecule has 2 aromatic rings. The summed E-state index contributed by atoms with van der Waals surface area (Å²) < 4.78 is 33.2. The van der Waals surface area contributed by atoms with Crippen LogP contribution in [0.3, 0.4) is 0 Å². The molecule has 8 nitrogen and oxygen atoms in total. The van der Waals surface area contributed by atoms with E-state index in [0.29, 0.717) is 49.3 Å². The summed E-state index contributed by atoms with van der Waals surface area (Å²) in [6.07, 6.45) is 0.